The van der Waals surface area contributed by atoms with Gasteiger partial charge in [0.1, 0.15) is 0 Å². The zero-order valence-electron chi connectivity index (χ0n) is 13.3. The number of hydrogen-bond donors (Lipinski definition) is 1. The minimum Gasteiger partial charge on any atom is -0.481 e. The summed E-state index contributed by atoms with van der Waals surface area (Å²) in [5.74, 6) is -1.39. The molecule has 5 nitrogen and oxygen atoms in total. The van der Waals surface area contributed by atoms with Crippen molar-refractivity contribution in [1.29, 1.82) is 0 Å². The predicted molar refractivity (Wildman–Crippen MR) is 91.1 cm³/mol. The maximum absolute atomic E-state index is 12.9. The van der Waals surface area contributed by atoms with Gasteiger partial charge in [0.05, 0.1) is 23.1 Å². The Labute approximate surface area is 148 Å². The van der Waals surface area contributed by atoms with E-state index in [4.69, 9.17) is 11.6 Å². The van der Waals surface area contributed by atoms with Gasteiger partial charge in [-0.25, -0.2) is 0 Å². The third-order valence-corrected chi connectivity index (χ3v) is 5.69. The molecule has 1 aliphatic carbocycles. The van der Waals surface area contributed by atoms with Crippen molar-refractivity contribution in [2.75, 3.05) is 0 Å². The summed E-state index contributed by atoms with van der Waals surface area (Å²) >= 11 is 7.68. The van der Waals surface area contributed by atoms with Crippen molar-refractivity contribution >= 4 is 40.6 Å². The molecule has 0 saturated heterocycles. The first-order valence-corrected chi connectivity index (χ1v) is 8.80. The first-order chi connectivity index (χ1) is 11.3. The smallest absolute Gasteiger partial charge is 0.307 e. The van der Waals surface area contributed by atoms with E-state index in [0.717, 1.165) is 4.88 Å². The molecule has 1 aromatic heterocycles. The quantitative estimate of drug-likeness (QED) is 0.889. The lowest BCUT2D eigenvalue weighted by atomic mass is 9.89. The summed E-state index contributed by atoms with van der Waals surface area (Å²) in [6.45, 7) is 3.64. The molecule has 0 aromatic carbocycles. The Morgan fingerprint density at radius 1 is 1.42 bits per heavy atom. The van der Waals surface area contributed by atoms with Crippen molar-refractivity contribution < 1.29 is 19.5 Å². The maximum Gasteiger partial charge on any atom is 0.307 e. The molecule has 1 aromatic rings. The van der Waals surface area contributed by atoms with Crippen LogP contribution in [-0.2, 0) is 9.59 Å². The monoisotopic (exact) mass is 365 g/mol. The number of fused-ring (bicyclic) bond motifs is 1. The summed E-state index contributed by atoms with van der Waals surface area (Å²) in [4.78, 5) is 38.8. The molecule has 0 fully saturated rings. The highest BCUT2D eigenvalue weighted by Crippen LogP contribution is 2.44. The molecule has 1 aliphatic heterocycles. The van der Waals surface area contributed by atoms with Crippen LogP contribution in [0, 0.1) is 6.92 Å². The molecule has 24 heavy (non-hydrogen) atoms. The molecule has 0 bridgehead atoms. The van der Waals surface area contributed by atoms with Crippen LogP contribution in [0.1, 0.15) is 41.4 Å². The highest BCUT2D eigenvalue weighted by atomic mass is 35.5. The van der Waals surface area contributed by atoms with Crippen LogP contribution in [0.5, 0.6) is 0 Å². The Bertz CT molecular complexity index is 820. The van der Waals surface area contributed by atoms with E-state index in [-0.39, 0.29) is 35.6 Å². The average Bonchev–Trinajstić information content (AvgIpc) is 3.05. The Kier molecular flexibility index (Phi) is 4.36. The Morgan fingerprint density at radius 2 is 2.12 bits per heavy atom. The fraction of sp³-hybridized carbons (Fsp3) is 0.353. The Morgan fingerprint density at radius 3 is 2.71 bits per heavy atom. The number of thiophene rings is 1. The number of halogens is 1. The fourth-order valence-corrected chi connectivity index (χ4v) is 4.36. The number of amides is 1. The van der Waals surface area contributed by atoms with E-state index in [1.807, 2.05) is 13.0 Å². The lowest BCUT2D eigenvalue weighted by Crippen LogP contribution is -2.38. The molecule has 1 unspecified atom stereocenters. The molecule has 0 saturated carbocycles. The van der Waals surface area contributed by atoms with Crippen LogP contribution in [0.3, 0.4) is 0 Å². The molecule has 3 rings (SSSR count). The summed E-state index contributed by atoms with van der Waals surface area (Å²) in [6.07, 6.45) is 0.459. The standard InChI is InChI=1S/C17H16ClNO4S/c1-8-5-10(7-24-8)17(23)19-9(2)11(6-14(21)22)15-12(19)3-4-13(20)16(15)18/h5,7,12H,3-4,6H2,1-2H3,(H,21,22). The third kappa shape index (κ3) is 2.70. The maximum atomic E-state index is 12.9. The van der Waals surface area contributed by atoms with Crippen LogP contribution in [0.2, 0.25) is 0 Å². The second kappa shape index (κ2) is 6.18. The second-order valence-corrected chi connectivity index (χ2v) is 7.45. The van der Waals surface area contributed by atoms with E-state index in [9.17, 15) is 19.5 Å². The summed E-state index contributed by atoms with van der Waals surface area (Å²) in [5, 5.41) is 11.1. The number of nitrogens with zero attached hydrogens (tertiary/aromatic N) is 1. The first-order valence-electron chi connectivity index (χ1n) is 7.54. The number of allylic oxidation sites excluding steroid dienone is 2. The van der Waals surface area contributed by atoms with Gasteiger partial charge in [-0.1, -0.05) is 11.6 Å². The van der Waals surface area contributed by atoms with E-state index in [0.29, 0.717) is 28.8 Å². The van der Waals surface area contributed by atoms with E-state index in [2.05, 4.69) is 0 Å². The van der Waals surface area contributed by atoms with Crippen LogP contribution in [-0.4, -0.2) is 33.7 Å². The highest BCUT2D eigenvalue weighted by molar-refractivity contribution is 7.10. The molecule has 1 amide bonds. The molecular weight excluding hydrogens is 350 g/mol. The fourth-order valence-electron chi connectivity index (χ4n) is 3.35. The van der Waals surface area contributed by atoms with Crippen molar-refractivity contribution in [2.45, 2.75) is 39.2 Å². The van der Waals surface area contributed by atoms with Gasteiger partial charge in [0.2, 0.25) is 0 Å². The number of carbonyl (C=O) groups is 3. The minimum absolute atomic E-state index is 0.0682. The van der Waals surface area contributed by atoms with Crippen molar-refractivity contribution in [1.82, 2.24) is 4.90 Å². The van der Waals surface area contributed by atoms with Crippen LogP contribution in [0.25, 0.3) is 0 Å². The molecule has 0 radical (unpaired) electrons. The van der Waals surface area contributed by atoms with E-state index < -0.39 is 5.97 Å². The van der Waals surface area contributed by atoms with E-state index in [1.54, 1.807) is 17.2 Å². The van der Waals surface area contributed by atoms with Gasteiger partial charge >= 0.3 is 5.97 Å². The number of hydrogen-bond acceptors (Lipinski definition) is 4. The SMILES string of the molecule is CC1=C(CC(=O)O)C2=C(Cl)C(=O)CCC2N1C(=O)c1csc(C)c1. The number of aliphatic carboxylic acids is 1. The number of carbonyl (C=O) groups excluding carboxylic acids is 2. The van der Waals surface area contributed by atoms with E-state index in [1.165, 1.54) is 11.3 Å². The molecular formula is C17H16ClNO4S. The van der Waals surface area contributed by atoms with Gasteiger partial charge in [-0.15, -0.1) is 11.3 Å². The molecule has 1 N–H and O–H groups in total. The van der Waals surface area contributed by atoms with Crippen LogP contribution in [0.4, 0.5) is 0 Å². The average molecular weight is 366 g/mol. The molecule has 2 heterocycles. The van der Waals surface area contributed by atoms with Crippen LogP contribution >= 0.6 is 22.9 Å². The predicted octanol–water partition coefficient (Wildman–Crippen LogP) is 3.49. The van der Waals surface area contributed by atoms with E-state index >= 15 is 0 Å². The van der Waals surface area contributed by atoms with Gasteiger partial charge in [0, 0.05) is 27.9 Å². The summed E-state index contributed by atoms with van der Waals surface area (Å²) < 4.78 is 0. The van der Waals surface area contributed by atoms with Crippen molar-refractivity contribution in [3.05, 3.63) is 43.8 Å². The van der Waals surface area contributed by atoms with Gasteiger partial charge in [-0.2, -0.15) is 0 Å². The lowest BCUT2D eigenvalue weighted by Gasteiger charge is -2.29. The van der Waals surface area contributed by atoms with Crippen LogP contribution in [0.15, 0.2) is 33.3 Å². The van der Waals surface area contributed by atoms with Gasteiger partial charge in [0.25, 0.3) is 5.91 Å². The van der Waals surface area contributed by atoms with Gasteiger partial charge < -0.3 is 10.0 Å². The highest BCUT2D eigenvalue weighted by Gasteiger charge is 2.43. The van der Waals surface area contributed by atoms with Crippen molar-refractivity contribution in [3.8, 4) is 0 Å². The van der Waals surface area contributed by atoms with Crippen LogP contribution < -0.4 is 0 Å². The summed E-state index contributed by atoms with van der Waals surface area (Å²) in [7, 11) is 0. The minimum atomic E-state index is -1.02. The largest absolute Gasteiger partial charge is 0.481 e. The number of rotatable bonds is 3. The van der Waals surface area contributed by atoms with Crippen molar-refractivity contribution in [2.24, 2.45) is 0 Å². The summed E-state index contributed by atoms with van der Waals surface area (Å²) in [5.41, 5.74) is 2.12. The lowest BCUT2D eigenvalue weighted by molar-refractivity contribution is -0.136. The third-order valence-electron chi connectivity index (χ3n) is 4.42. The number of aryl methyl sites for hydroxylation is 1. The Balaban J connectivity index is 2.10. The first kappa shape index (κ1) is 16.9. The Hall–Kier alpha value is -1.92. The second-order valence-electron chi connectivity index (χ2n) is 5.96. The topological polar surface area (TPSA) is 74.7 Å². The van der Waals surface area contributed by atoms with Gasteiger partial charge in [0.15, 0.2) is 5.78 Å². The number of Topliss-reactive ketones (excluding diaryl/α,β-unsaturated/α-hetero) is 1. The van der Waals surface area contributed by atoms with Crippen molar-refractivity contribution in [3.63, 3.8) is 0 Å². The number of carboxylic acids is 1. The number of carboxylic acid groups (broad SMARTS) is 1. The zero-order valence-corrected chi connectivity index (χ0v) is 14.8. The molecule has 0 spiro atoms. The molecule has 126 valence electrons. The normalized spacial score (nSPS) is 20.7. The molecule has 7 heteroatoms. The number of ketones is 1. The molecule has 2 aliphatic rings. The zero-order chi connectivity index (χ0) is 17.6. The van der Waals surface area contributed by atoms with Gasteiger partial charge in [-0.3, -0.25) is 14.4 Å². The molecule has 1 atom stereocenters. The van der Waals surface area contributed by atoms with Gasteiger partial charge in [-0.05, 0) is 31.9 Å². The summed E-state index contributed by atoms with van der Waals surface area (Å²) in [6, 6.07) is 1.45.